The topological polar surface area (TPSA) is 54.5 Å². The third-order valence-corrected chi connectivity index (χ3v) is 5.77. The van der Waals surface area contributed by atoms with Crippen molar-refractivity contribution in [2.24, 2.45) is 0 Å². The normalized spacial score (nSPS) is 13.1. The van der Waals surface area contributed by atoms with Gasteiger partial charge >= 0.3 is 0 Å². The molecule has 0 aliphatic rings. The number of amides is 1. The molecule has 0 aliphatic heterocycles. The number of halogens is 2. The maximum absolute atomic E-state index is 12.4. The van der Waals surface area contributed by atoms with E-state index in [9.17, 15) is 13.2 Å². The highest BCUT2D eigenvalue weighted by Gasteiger charge is 2.23. The number of rotatable bonds is 5. The summed E-state index contributed by atoms with van der Waals surface area (Å²) in [7, 11) is -1.56. The molecule has 0 spiro atoms. The summed E-state index contributed by atoms with van der Waals surface area (Å²) in [6.07, 6.45) is 0. The quantitative estimate of drug-likeness (QED) is 0.786. The minimum absolute atomic E-state index is 0.0582. The average molecular weight is 383 g/mol. The van der Waals surface area contributed by atoms with Gasteiger partial charge in [-0.3, -0.25) is 4.79 Å². The van der Waals surface area contributed by atoms with E-state index in [0.29, 0.717) is 10.6 Å². The lowest BCUT2D eigenvalue weighted by Gasteiger charge is -2.25. The smallest absolute Gasteiger partial charge is 0.255 e. The maximum atomic E-state index is 12.4. The number of carbonyl (C=O) groups excluding carboxylic acids is 1. The van der Waals surface area contributed by atoms with Crippen LogP contribution in [0.25, 0.3) is 0 Å². The fourth-order valence-corrected chi connectivity index (χ4v) is 3.40. The van der Waals surface area contributed by atoms with Gasteiger partial charge in [0.1, 0.15) is 0 Å². The zero-order valence-electron chi connectivity index (χ0n) is 11.6. The van der Waals surface area contributed by atoms with E-state index in [1.807, 2.05) is 0 Å². The fourth-order valence-electron chi connectivity index (χ4n) is 1.65. The van der Waals surface area contributed by atoms with Gasteiger partial charge in [0.2, 0.25) is 0 Å². The number of hydrogen-bond donors (Lipinski definition) is 0. The second-order valence-electron chi connectivity index (χ2n) is 4.59. The third-order valence-electron chi connectivity index (χ3n) is 3.08. The first kappa shape index (κ1) is 17.5. The van der Waals surface area contributed by atoms with E-state index >= 15 is 0 Å². The van der Waals surface area contributed by atoms with Crippen LogP contribution in [0.3, 0.4) is 0 Å². The molecule has 112 valence electrons. The zero-order chi connectivity index (χ0) is 15.5. The highest BCUT2D eigenvalue weighted by molar-refractivity contribution is 9.10. The molecule has 0 radical (unpaired) electrons. The lowest BCUT2D eigenvalue weighted by molar-refractivity contribution is 0.0757. The van der Waals surface area contributed by atoms with Crippen LogP contribution in [0.15, 0.2) is 22.7 Å². The molecule has 0 saturated heterocycles. The minimum Gasteiger partial charge on any atom is -0.338 e. The Kier molecular flexibility index (Phi) is 6.04. The minimum atomic E-state index is -3.13. The Labute approximate surface area is 133 Å². The van der Waals surface area contributed by atoms with Crippen LogP contribution in [-0.4, -0.2) is 43.8 Å². The Morgan fingerprint density at radius 2 is 2.05 bits per heavy atom. The largest absolute Gasteiger partial charge is 0.338 e. The predicted octanol–water partition coefficient (Wildman–Crippen LogP) is 3.00. The molecule has 0 bridgehead atoms. The van der Waals surface area contributed by atoms with E-state index in [2.05, 4.69) is 15.9 Å². The summed E-state index contributed by atoms with van der Waals surface area (Å²) in [5.41, 5.74) is 0.351. The van der Waals surface area contributed by atoms with Crippen LogP contribution in [0, 0.1) is 0 Å². The summed E-state index contributed by atoms with van der Waals surface area (Å²) < 4.78 is 24.0. The van der Waals surface area contributed by atoms with E-state index in [-0.39, 0.29) is 17.4 Å². The van der Waals surface area contributed by atoms with Gasteiger partial charge in [-0.2, -0.15) is 0 Å². The van der Waals surface area contributed by atoms with Crippen LogP contribution < -0.4 is 0 Å². The third kappa shape index (κ3) is 4.46. The van der Waals surface area contributed by atoms with Crippen molar-refractivity contribution in [3.8, 4) is 0 Å². The summed E-state index contributed by atoms with van der Waals surface area (Å²) in [6.45, 7) is 3.30. The average Bonchev–Trinajstić information content (AvgIpc) is 2.39. The number of hydrogen-bond acceptors (Lipinski definition) is 3. The van der Waals surface area contributed by atoms with Crippen LogP contribution in [-0.2, 0) is 9.84 Å². The van der Waals surface area contributed by atoms with E-state index in [4.69, 9.17) is 11.6 Å². The zero-order valence-corrected chi connectivity index (χ0v) is 14.7. The lowest BCUT2D eigenvalue weighted by atomic mass is 10.2. The number of nitrogens with zero attached hydrogens (tertiary/aromatic N) is 1. The van der Waals surface area contributed by atoms with Gasteiger partial charge in [0, 0.05) is 23.3 Å². The van der Waals surface area contributed by atoms with E-state index in [0.717, 1.165) is 4.47 Å². The standard InChI is InChI=1S/C13H17BrClNO3S/c1-4-20(18,19)8-9(2)16(3)13(17)11-7-10(14)5-6-12(11)15/h5-7,9H,4,8H2,1-3H3/t9-/m0/s1. The van der Waals surface area contributed by atoms with Crippen molar-refractivity contribution in [3.63, 3.8) is 0 Å². The molecule has 1 rings (SSSR count). The van der Waals surface area contributed by atoms with Gasteiger partial charge in [-0.15, -0.1) is 0 Å². The molecule has 0 aliphatic carbocycles. The van der Waals surface area contributed by atoms with Crippen LogP contribution >= 0.6 is 27.5 Å². The summed E-state index contributed by atoms with van der Waals surface area (Å²) in [5.74, 6) is -0.288. The Bertz CT molecular complexity index is 604. The van der Waals surface area contributed by atoms with Crippen LogP contribution in [0.5, 0.6) is 0 Å². The molecule has 0 fully saturated rings. The van der Waals surface area contributed by atoms with Gasteiger partial charge in [0.15, 0.2) is 9.84 Å². The monoisotopic (exact) mass is 381 g/mol. The number of benzene rings is 1. The maximum Gasteiger partial charge on any atom is 0.255 e. The van der Waals surface area contributed by atoms with Crippen LogP contribution in [0.2, 0.25) is 5.02 Å². The molecule has 0 heterocycles. The van der Waals surface area contributed by atoms with E-state index < -0.39 is 15.9 Å². The number of carbonyl (C=O) groups is 1. The first-order valence-corrected chi connectivity index (χ1v) is 9.09. The van der Waals surface area contributed by atoms with Crippen molar-refractivity contribution in [2.45, 2.75) is 19.9 Å². The molecule has 0 aromatic heterocycles. The Morgan fingerprint density at radius 1 is 1.45 bits per heavy atom. The molecule has 1 atom stereocenters. The number of sulfone groups is 1. The molecular weight excluding hydrogens is 366 g/mol. The van der Waals surface area contributed by atoms with Gasteiger partial charge in [0.05, 0.1) is 16.3 Å². The molecule has 1 amide bonds. The summed E-state index contributed by atoms with van der Waals surface area (Å²) in [6, 6.07) is 4.58. The Morgan fingerprint density at radius 3 is 2.60 bits per heavy atom. The molecule has 0 unspecified atom stereocenters. The molecule has 7 heteroatoms. The highest BCUT2D eigenvalue weighted by atomic mass is 79.9. The van der Waals surface area contributed by atoms with Crippen molar-refractivity contribution in [1.29, 1.82) is 0 Å². The molecule has 0 N–H and O–H groups in total. The van der Waals surface area contributed by atoms with Crippen molar-refractivity contribution >= 4 is 43.3 Å². The van der Waals surface area contributed by atoms with Gasteiger partial charge in [-0.05, 0) is 25.1 Å². The first-order chi connectivity index (χ1) is 9.18. The van der Waals surface area contributed by atoms with Gasteiger partial charge in [-0.25, -0.2) is 8.42 Å². The summed E-state index contributed by atoms with van der Waals surface area (Å²) >= 11 is 9.30. The summed E-state index contributed by atoms with van der Waals surface area (Å²) in [4.78, 5) is 13.8. The Hall–Kier alpha value is -0.590. The second kappa shape index (κ2) is 6.91. The van der Waals surface area contributed by atoms with Crippen molar-refractivity contribution in [3.05, 3.63) is 33.3 Å². The highest BCUT2D eigenvalue weighted by Crippen LogP contribution is 2.22. The van der Waals surface area contributed by atoms with Gasteiger partial charge in [-0.1, -0.05) is 34.5 Å². The van der Waals surface area contributed by atoms with Crippen LogP contribution in [0.4, 0.5) is 0 Å². The van der Waals surface area contributed by atoms with Crippen molar-refractivity contribution < 1.29 is 13.2 Å². The van der Waals surface area contributed by atoms with Crippen molar-refractivity contribution in [2.75, 3.05) is 18.6 Å². The predicted molar refractivity (Wildman–Crippen MR) is 85.0 cm³/mol. The molecular formula is C13H17BrClNO3S. The summed E-state index contributed by atoms with van der Waals surface area (Å²) in [5, 5.41) is 0.343. The molecule has 1 aromatic carbocycles. The second-order valence-corrected chi connectivity index (χ2v) is 8.31. The Balaban J connectivity index is 2.94. The van der Waals surface area contributed by atoms with Crippen molar-refractivity contribution in [1.82, 2.24) is 4.90 Å². The lowest BCUT2D eigenvalue weighted by Crippen LogP contribution is -2.39. The molecule has 1 aromatic rings. The molecule has 0 saturated carbocycles. The molecule has 20 heavy (non-hydrogen) atoms. The SMILES string of the molecule is CCS(=O)(=O)C[C@H](C)N(C)C(=O)c1cc(Br)ccc1Cl. The van der Waals surface area contributed by atoms with Gasteiger partial charge in [0.25, 0.3) is 5.91 Å². The van der Waals surface area contributed by atoms with Crippen LogP contribution in [0.1, 0.15) is 24.2 Å². The fraction of sp³-hybridized carbons (Fsp3) is 0.462. The molecule has 4 nitrogen and oxygen atoms in total. The first-order valence-electron chi connectivity index (χ1n) is 6.10. The van der Waals surface area contributed by atoms with Gasteiger partial charge < -0.3 is 4.90 Å². The van der Waals surface area contributed by atoms with E-state index in [1.165, 1.54) is 4.90 Å². The van der Waals surface area contributed by atoms with E-state index in [1.54, 1.807) is 39.1 Å².